The molecule has 0 aromatic rings. The zero-order valence-corrected chi connectivity index (χ0v) is 11.3. The average Bonchev–Trinajstić information content (AvgIpc) is 2.59. The lowest BCUT2D eigenvalue weighted by Gasteiger charge is -2.24. The predicted octanol–water partition coefficient (Wildman–Crippen LogP) is 1.59. The lowest BCUT2D eigenvalue weighted by Crippen LogP contribution is -2.39. The van der Waals surface area contributed by atoms with Crippen LogP contribution in [0.3, 0.4) is 0 Å². The molecule has 96 valence electrons. The molecule has 1 aliphatic rings. The maximum atomic E-state index is 5.03. The van der Waals surface area contributed by atoms with Gasteiger partial charge in [-0.05, 0) is 31.7 Å². The van der Waals surface area contributed by atoms with Gasteiger partial charge in [-0.3, -0.25) is 4.90 Å². The predicted molar refractivity (Wildman–Crippen MR) is 68.7 cm³/mol. The van der Waals surface area contributed by atoms with E-state index in [1.54, 1.807) is 7.11 Å². The summed E-state index contributed by atoms with van der Waals surface area (Å²) in [6.07, 6.45) is 1.11. The number of rotatable bonds is 7. The van der Waals surface area contributed by atoms with E-state index in [-0.39, 0.29) is 0 Å². The molecule has 16 heavy (non-hydrogen) atoms. The Hall–Kier alpha value is -0.120. The van der Waals surface area contributed by atoms with Gasteiger partial charge in [0.25, 0.3) is 0 Å². The molecular formula is C13H28N2O. The van der Waals surface area contributed by atoms with E-state index in [9.17, 15) is 0 Å². The van der Waals surface area contributed by atoms with Gasteiger partial charge in [0.2, 0.25) is 0 Å². The highest BCUT2D eigenvalue weighted by molar-refractivity contribution is 4.82. The van der Waals surface area contributed by atoms with Crippen LogP contribution in [0.15, 0.2) is 0 Å². The molecule has 1 heterocycles. The number of ether oxygens (including phenoxy) is 1. The van der Waals surface area contributed by atoms with Crippen LogP contribution >= 0.6 is 0 Å². The number of nitrogens with one attached hydrogen (secondary N) is 1. The van der Waals surface area contributed by atoms with Crippen molar-refractivity contribution in [3.63, 3.8) is 0 Å². The van der Waals surface area contributed by atoms with Crippen LogP contribution in [0.25, 0.3) is 0 Å². The SMILES string of the molecule is COCCCNCC(C)N1CC(C)C(C)C1. The largest absolute Gasteiger partial charge is 0.385 e. The van der Waals surface area contributed by atoms with Crippen LogP contribution in [-0.2, 0) is 4.74 Å². The standard InChI is InChI=1S/C13H28N2O/c1-11-9-15(10-12(11)2)13(3)8-14-6-5-7-16-4/h11-14H,5-10H2,1-4H3. The van der Waals surface area contributed by atoms with E-state index < -0.39 is 0 Å². The van der Waals surface area contributed by atoms with Crippen LogP contribution in [0.4, 0.5) is 0 Å². The van der Waals surface area contributed by atoms with Crippen molar-refractivity contribution in [2.24, 2.45) is 11.8 Å². The van der Waals surface area contributed by atoms with Gasteiger partial charge in [-0.1, -0.05) is 13.8 Å². The number of hydrogen-bond donors (Lipinski definition) is 1. The van der Waals surface area contributed by atoms with Gasteiger partial charge in [-0.15, -0.1) is 0 Å². The molecule has 0 bridgehead atoms. The lowest BCUT2D eigenvalue weighted by molar-refractivity contribution is 0.191. The van der Waals surface area contributed by atoms with Gasteiger partial charge in [-0.25, -0.2) is 0 Å². The van der Waals surface area contributed by atoms with Gasteiger partial charge < -0.3 is 10.1 Å². The summed E-state index contributed by atoms with van der Waals surface area (Å²) >= 11 is 0. The van der Waals surface area contributed by atoms with Crippen molar-refractivity contribution < 1.29 is 4.74 Å². The van der Waals surface area contributed by atoms with E-state index in [0.29, 0.717) is 6.04 Å². The van der Waals surface area contributed by atoms with Gasteiger partial charge in [-0.2, -0.15) is 0 Å². The second-order valence-corrected chi connectivity index (χ2v) is 5.31. The summed E-state index contributed by atoms with van der Waals surface area (Å²) in [5.41, 5.74) is 0. The van der Waals surface area contributed by atoms with E-state index in [1.165, 1.54) is 13.1 Å². The second-order valence-electron chi connectivity index (χ2n) is 5.31. The van der Waals surface area contributed by atoms with Crippen molar-refractivity contribution in [1.29, 1.82) is 0 Å². The molecule has 0 aromatic heterocycles. The quantitative estimate of drug-likeness (QED) is 0.670. The number of methoxy groups -OCH3 is 1. The van der Waals surface area contributed by atoms with Crippen molar-refractivity contribution in [3.05, 3.63) is 0 Å². The third-order valence-corrected chi connectivity index (χ3v) is 3.78. The Labute approximate surface area is 101 Å². The van der Waals surface area contributed by atoms with Gasteiger partial charge in [0.15, 0.2) is 0 Å². The maximum absolute atomic E-state index is 5.03. The van der Waals surface area contributed by atoms with E-state index >= 15 is 0 Å². The lowest BCUT2D eigenvalue weighted by atomic mass is 10.0. The monoisotopic (exact) mass is 228 g/mol. The van der Waals surface area contributed by atoms with E-state index in [2.05, 4.69) is 31.0 Å². The van der Waals surface area contributed by atoms with E-state index in [4.69, 9.17) is 4.74 Å². The summed E-state index contributed by atoms with van der Waals surface area (Å²) in [7, 11) is 1.76. The van der Waals surface area contributed by atoms with Gasteiger partial charge in [0, 0.05) is 39.4 Å². The summed E-state index contributed by atoms with van der Waals surface area (Å²) in [5, 5.41) is 3.50. The Morgan fingerprint density at radius 1 is 1.31 bits per heavy atom. The Morgan fingerprint density at radius 3 is 2.50 bits per heavy atom. The molecule has 3 unspecified atom stereocenters. The zero-order valence-electron chi connectivity index (χ0n) is 11.3. The molecule has 0 radical (unpaired) electrons. The maximum Gasteiger partial charge on any atom is 0.0474 e. The Morgan fingerprint density at radius 2 is 1.94 bits per heavy atom. The fourth-order valence-electron chi connectivity index (χ4n) is 2.32. The first-order chi connectivity index (χ1) is 7.65. The highest BCUT2D eigenvalue weighted by atomic mass is 16.5. The molecule has 3 atom stereocenters. The van der Waals surface area contributed by atoms with Crippen LogP contribution in [0.5, 0.6) is 0 Å². The topological polar surface area (TPSA) is 24.5 Å². The molecule has 1 saturated heterocycles. The minimum absolute atomic E-state index is 0.662. The van der Waals surface area contributed by atoms with Crippen molar-refractivity contribution in [3.8, 4) is 0 Å². The van der Waals surface area contributed by atoms with Crippen LogP contribution in [0.2, 0.25) is 0 Å². The molecule has 1 rings (SSSR count). The molecule has 0 aromatic carbocycles. The average molecular weight is 228 g/mol. The minimum Gasteiger partial charge on any atom is -0.385 e. The van der Waals surface area contributed by atoms with Gasteiger partial charge in [0.05, 0.1) is 0 Å². The van der Waals surface area contributed by atoms with Crippen LogP contribution in [-0.4, -0.2) is 50.8 Å². The van der Waals surface area contributed by atoms with Gasteiger partial charge in [0.1, 0.15) is 0 Å². The molecule has 0 amide bonds. The fraction of sp³-hybridized carbons (Fsp3) is 1.00. The first-order valence-electron chi connectivity index (χ1n) is 6.58. The number of hydrogen-bond acceptors (Lipinski definition) is 3. The second kappa shape index (κ2) is 7.25. The fourth-order valence-corrected chi connectivity index (χ4v) is 2.32. The van der Waals surface area contributed by atoms with Crippen molar-refractivity contribution in [1.82, 2.24) is 10.2 Å². The van der Waals surface area contributed by atoms with E-state index in [1.807, 2.05) is 0 Å². The molecule has 0 saturated carbocycles. The Bertz CT molecular complexity index is 177. The Balaban J connectivity index is 2.09. The minimum atomic E-state index is 0.662. The summed E-state index contributed by atoms with van der Waals surface area (Å²) < 4.78 is 5.03. The summed E-state index contributed by atoms with van der Waals surface area (Å²) in [6, 6.07) is 0.662. The molecule has 3 heteroatoms. The molecule has 3 nitrogen and oxygen atoms in total. The van der Waals surface area contributed by atoms with Crippen LogP contribution < -0.4 is 5.32 Å². The van der Waals surface area contributed by atoms with Crippen LogP contribution in [0.1, 0.15) is 27.2 Å². The third-order valence-electron chi connectivity index (χ3n) is 3.78. The normalized spacial score (nSPS) is 28.5. The van der Waals surface area contributed by atoms with E-state index in [0.717, 1.165) is 38.0 Å². The molecular weight excluding hydrogens is 200 g/mol. The Kier molecular flexibility index (Phi) is 6.32. The zero-order chi connectivity index (χ0) is 12.0. The molecule has 1 aliphatic heterocycles. The smallest absolute Gasteiger partial charge is 0.0474 e. The molecule has 0 spiro atoms. The highest BCUT2D eigenvalue weighted by Gasteiger charge is 2.28. The first kappa shape index (κ1) is 13.9. The number of likely N-dealkylation sites (tertiary alicyclic amines) is 1. The summed E-state index contributed by atoms with van der Waals surface area (Å²) in [6.45, 7) is 12.6. The highest BCUT2D eigenvalue weighted by Crippen LogP contribution is 2.23. The molecule has 1 N–H and O–H groups in total. The van der Waals surface area contributed by atoms with Gasteiger partial charge >= 0.3 is 0 Å². The van der Waals surface area contributed by atoms with Crippen molar-refractivity contribution in [2.75, 3.05) is 39.9 Å². The van der Waals surface area contributed by atoms with Crippen LogP contribution in [0, 0.1) is 11.8 Å². The van der Waals surface area contributed by atoms with Crippen molar-refractivity contribution in [2.45, 2.75) is 33.2 Å². The first-order valence-corrected chi connectivity index (χ1v) is 6.58. The summed E-state index contributed by atoms with van der Waals surface area (Å²) in [4.78, 5) is 2.61. The number of nitrogens with zero attached hydrogens (tertiary/aromatic N) is 1. The molecule has 0 aliphatic carbocycles. The third kappa shape index (κ3) is 4.40. The molecule has 1 fully saturated rings. The summed E-state index contributed by atoms with van der Waals surface area (Å²) in [5.74, 6) is 1.71. The van der Waals surface area contributed by atoms with Crippen molar-refractivity contribution >= 4 is 0 Å².